The Labute approximate surface area is 136 Å². The minimum atomic E-state index is 0.877. The van der Waals surface area contributed by atoms with Crippen molar-refractivity contribution in [3.05, 3.63) is 54.9 Å². The van der Waals surface area contributed by atoms with Gasteiger partial charge in [-0.2, -0.15) is 0 Å². The fourth-order valence-electron chi connectivity index (χ4n) is 2.34. The van der Waals surface area contributed by atoms with Gasteiger partial charge in [0.05, 0.1) is 17.4 Å². The van der Waals surface area contributed by atoms with Gasteiger partial charge in [-0.25, -0.2) is 4.98 Å². The molecule has 0 aliphatic carbocycles. The van der Waals surface area contributed by atoms with Crippen LogP contribution in [0.1, 0.15) is 0 Å². The molecule has 0 spiro atoms. The van der Waals surface area contributed by atoms with Crippen LogP contribution in [0.4, 0.5) is 17.2 Å². The van der Waals surface area contributed by atoms with Crippen LogP contribution in [-0.2, 0) is 0 Å². The van der Waals surface area contributed by atoms with Crippen LogP contribution in [0.15, 0.2) is 54.9 Å². The number of benzene rings is 1. The summed E-state index contributed by atoms with van der Waals surface area (Å²) in [7, 11) is 4.11. The van der Waals surface area contributed by atoms with Crippen LogP contribution in [0.3, 0.4) is 0 Å². The second-order valence-electron chi connectivity index (χ2n) is 5.66. The molecule has 3 aromatic rings. The third-order valence-electron chi connectivity index (χ3n) is 3.56. The van der Waals surface area contributed by atoms with E-state index in [1.165, 1.54) is 0 Å². The van der Waals surface area contributed by atoms with E-state index in [1.54, 1.807) is 0 Å². The molecule has 5 nitrogen and oxygen atoms in total. The minimum absolute atomic E-state index is 0.877. The fourth-order valence-corrected chi connectivity index (χ4v) is 2.34. The molecule has 0 saturated heterocycles. The molecule has 2 aromatic heterocycles. The molecule has 2 N–H and O–H groups in total. The molecule has 0 atom stereocenters. The minimum Gasteiger partial charge on any atom is -0.369 e. The number of likely N-dealkylation sites (N-methyl/N-ethyl adjacent to an activating group) is 1. The molecule has 0 amide bonds. The van der Waals surface area contributed by atoms with Crippen molar-refractivity contribution in [3.63, 3.8) is 0 Å². The van der Waals surface area contributed by atoms with Crippen molar-refractivity contribution in [1.82, 2.24) is 14.9 Å². The lowest BCUT2D eigenvalue weighted by molar-refractivity contribution is 0.425. The molecule has 0 unspecified atom stereocenters. The molecule has 0 aliphatic rings. The number of hydrogen-bond donors (Lipinski definition) is 2. The summed E-state index contributed by atoms with van der Waals surface area (Å²) in [4.78, 5) is 11.0. The Balaban J connectivity index is 1.70. The van der Waals surface area contributed by atoms with Gasteiger partial charge in [-0.3, -0.25) is 4.98 Å². The van der Waals surface area contributed by atoms with Gasteiger partial charge in [0.1, 0.15) is 5.82 Å². The molecule has 2 heterocycles. The van der Waals surface area contributed by atoms with Gasteiger partial charge in [-0.15, -0.1) is 0 Å². The van der Waals surface area contributed by atoms with Crippen molar-refractivity contribution in [1.29, 1.82) is 0 Å². The summed E-state index contributed by atoms with van der Waals surface area (Å²) in [5.41, 5.74) is 2.97. The van der Waals surface area contributed by atoms with Crippen LogP contribution in [-0.4, -0.2) is 42.1 Å². The highest BCUT2D eigenvalue weighted by Gasteiger charge is 2.02. The SMILES string of the molecule is CN(C)CCNc1ccc(Nc2ccnc3ccccc23)cn1. The maximum absolute atomic E-state index is 4.44. The predicted molar refractivity (Wildman–Crippen MR) is 96.3 cm³/mol. The fraction of sp³-hybridized carbons (Fsp3) is 0.222. The Morgan fingerprint density at radius 1 is 1.00 bits per heavy atom. The standard InChI is InChI=1S/C18H21N5/c1-23(2)12-11-20-18-8-7-14(13-21-18)22-17-9-10-19-16-6-4-3-5-15(16)17/h3-10,13H,11-12H2,1-2H3,(H,19,22)(H,20,21). The topological polar surface area (TPSA) is 53.1 Å². The lowest BCUT2D eigenvalue weighted by Crippen LogP contribution is -2.21. The van der Waals surface area contributed by atoms with E-state index in [1.807, 2.05) is 48.8 Å². The van der Waals surface area contributed by atoms with Crippen LogP contribution in [0, 0.1) is 0 Å². The van der Waals surface area contributed by atoms with Gasteiger partial charge in [0.25, 0.3) is 0 Å². The first-order valence-electron chi connectivity index (χ1n) is 7.68. The number of para-hydroxylation sites is 1. The lowest BCUT2D eigenvalue weighted by atomic mass is 10.2. The van der Waals surface area contributed by atoms with E-state index in [0.717, 1.165) is 41.2 Å². The van der Waals surface area contributed by atoms with E-state index < -0.39 is 0 Å². The molecule has 23 heavy (non-hydrogen) atoms. The number of nitrogens with zero attached hydrogens (tertiary/aromatic N) is 3. The molecular weight excluding hydrogens is 286 g/mol. The summed E-state index contributed by atoms with van der Waals surface area (Å²) in [6.45, 7) is 1.85. The molecule has 0 bridgehead atoms. The van der Waals surface area contributed by atoms with Crippen molar-refractivity contribution in [3.8, 4) is 0 Å². The second-order valence-corrected chi connectivity index (χ2v) is 5.66. The lowest BCUT2D eigenvalue weighted by Gasteiger charge is -2.12. The highest BCUT2D eigenvalue weighted by molar-refractivity contribution is 5.92. The largest absolute Gasteiger partial charge is 0.369 e. The number of anilines is 3. The molecule has 0 radical (unpaired) electrons. The first-order chi connectivity index (χ1) is 11.2. The summed E-state index contributed by atoms with van der Waals surface area (Å²) < 4.78 is 0. The highest BCUT2D eigenvalue weighted by Crippen LogP contribution is 2.24. The zero-order chi connectivity index (χ0) is 16.1. The van der Waals surface area contributed by atoms with Gasteiger partial charge in [0.15, 0.2) is 0 Å². The van der Waals surface area contributed by atoms with Crippen LogP contribution in [0.25, 0.3) is 10.9 Å². The van der Waals surface area contributed by atoms with E-state index >= 15 is 0 Å². The van der Waals surface area contributed by atoms with Gasteiger partial charge in [-0.1, -0.05) is 18.2 Å². The Hall–Kier alpha value is -2.66. The predicted octanol–water partition coefficient (Wildman–Crippen LogP) is 3.35. The monoisotopic (exact) mass is 307 g/mol. The van der Waals surface area contributed by atoms with Crippen LogP contribution in [0.2, 0.25) is 0 Å². The quantitative estimate of drug-likeness (QED) is 0.731. The third kappa shape index (κ3) is 3.96. The van der Waals surface area contributed by atoms with Crippen molar-refractivity contribution in [2.24, 2.45) is 0 Å². The molecule has 5 heteroatoms. The summed E-state index contributed by atoms with van der Waals surface area (Å²) in [6.07, 6.45) is 3.66. The number of aromatic nitrogens is 2. The van der Waals surface area contributed by atoms with Crippen LogP contribution >= 0.6 is 0 Å². The molecule has 0 fully saturated rings. The molecule has 0 aliphatic heterocycles. The van der Waals surface area contributed by atoms with E-state index in [0.29, 0.717) is 0 Å². The van der Waals surface area contributed by atoms with Gasteiger partial charge in [-0.05, 0) is 38.4 Å². The molecule has 1 aromatic carbocycles. The number of hydrogen-bond acceptors (Lipinski definition) is 5. The summed E-state index contributed by atoms with van der Waals surface area (Å²) in [5.74, 6) is 0.886. The maximum atomic E-state index is 4.44. The Morgan fingerprint density at radius 2 is 1.87 bits per heavy atom. The van der Waals surface area contributed by atoms with Crippen molar-refractivity contribution >= 4 is 28.1 Å². The first kappa shape index (κ1) is 15.2. The van der Waals surface area contributed by atoms with E-state index in [-0.39, 0.29) is 0 Å². The smallest absolute Gasteiger partial charge is 0.126 e. The van der Waals surface area contributed by atoms with Gasteiger partial charge < -0.3 is 15.5 Å². The van der Waals surface area contributed by atoms with Crippen LogP contribution in [0.5, 0.6) is 0 Å². The van der Waals surface area contributed by atoms with Gasteiger partial charge in [0.2, 0.25) is 0 Å². The normalized spacial score (nSPS) is 10.9. The van der Waals surface area contributed by atoms with Crippen LogP contribution < -0.4 is 10.6 Å². The number of pyridine rings is 2. The molecular formula is C18H21N5. The van der Waals surface area contributed by atoms with E-state index in [9.17, 15) is 0 Å². The Kier molecular flexibility index (Phi) is 4.68. The summed E-state index contributed by atoms with van der Waals surface area (Å²) in [6, 6.07) is 14.1. The molecule has 118 valence electrons. The Bertz CT molecular complexity index is 762. The summed E-state index contributed by atoms with van der Waals surface area (Å²) >= 11 is 0. The average molecular weight is 307 g/mol. The average Bonchev–Trinajstić information content (AvgIpc) is 2.56. The number of fused-ring (bicyclic) bond motifs is 1. The Morgan fingerprint density at radius 3 is 2.65 bits per heavy atom. The van der Waals surface area contributed by atoms with E-state index in [2.05, 4.69) is 45.7 Å². The number of rotatable bonds is 6. The van der Waals surface area contributed by atoms with Crippen molar-refractivity contribution in [2.45, 2.75) is 0 Å². The van der Waals surface area contributed by atoms with Gasteiger partial charge >= 0.3 is 0 Å². The zero-order valence-electron chi connectivity index (χ0n) is 13.5. The zero-order valence-corrected chi connectivity index (χ0v) is 13.5. The van der Waals surface area contributed by atoms with Crippen molar-refractivity contribution in [2.75, 3.05) is 37.8 Å². The van der Waals surface area contributed by atoms with E-state index in [4.69, 9.17) is 0 Å². The van der Waals surface area contributed by atoms with Gasteiger partial charge in [0, 0.05) is 30.4 Å². The summed E-state index contributed by atoms with van der Waals surface area (Å²) in [5, 5.41) is 7.82. The maximum Gasteiger partial charge on any atom is 0.126 e. The van der Waals surface area contributed by atoms with Crippen molar-refractivity contribution < 1.29 is 0 Å². The first-order valence-corrected chi connectivity index (χ1v) is 7.68. The number of nitrogens with one attached hydrogen (secondary N) is 2. The highest BCUT2D eigenvalue weighted by atomic mass is 15.1. The second kappa shape index (κ2) is 7.07. The molecule has 0 saturated carbocycles. The molecule has 3 rings (SSSR count). The third-order valence-corrected chi connectivity index (χ3v) is 3.56.